The molecule has 0 unspecified atom stereocenters. The summed E-state index contributed by atoms with van der Waals surface area (Å²) in [6.45, 7) is 3.86. The van der Waals surface area contributed by atoms with E-state index in [9.17, 15) is 8.78 Å². The third-order valence-corrected chi connectivity index (χ3v) is 3.22. The van der Waals surface area contributed by atoms with Crippen LogP contribution in [-0.2, 0) is 4.74 Å². The topological polar surface area (TPSA) is 21.7 Å². The van der Waals surface area contributed by atoms with Crippen LogP contribution in [0, 0.1) is 0 Å². The van der Waals surface area contributed by atoms with E-state index >= 15 is 0 Å². The van der Waals surface area contributed by atoms with Crippen LogP contribution >= 0.6 is 0 Å². The van der Waals surface area contributed by atoms with Crippen LogP contribution in [-0.4, -0.2) is 32.9 Å². The predicted molar refractivity (Wildman–Crippen MR) is 70.2 cm³/mol. The first-order chi connectivity index (χ1) is 9.08. The zero-order valence-corrected chi connectivity index (χ0v) is 11.2. The van der Waals surface area contributed by atoms with Crippen molar-refractivity contribution in [3.05, 3.63) is 23.8 Å². The molecule has 1 aliphatic heterocycles. The molecule has 0 atom stereocenters. The number of ether oxygens (including phenoxy) is 2. The Morgan fingerprint density at radius 3 is 2.47 bits per heavy atom. The molecule has 0 saturated carbocycles. The van der Waals surface area contributed by atoms with Gasteiger partial charge >= 0.3 is 6.61 Å². The van der Waals surface area contributed by atoms with Crippen LogP contribution in [0.1, 0.15) is 25.3 Å². The summed E-state index contributed by atoms with van der Waals surface area (Å²) in [6.07, 6.45) is 0. The molecule has 2 rings (SSSR count). The monoisotopic (exact) mass is 271 g/mol. The van der Waals surface area contributed by atoms with Gasteiger partial charge in [-0.3, -0.25) is 0 Å². The Morgan fingerprint density at radius 1 is 1.21 bits per heavy atom. The average Bonchev–Trinajstić information content (AvgIpc) is 2.39. The number of hydrogen-bond donors (Lipinski definition) is 0. The highest BCUT2D eigenvalue weighted by molar-refractivity contribution is 5.60. The van der Waals surface area contributed by atoms with E-state index < -0.39 is 6.61 Å². The largest absolute Gasteiger partial charge is 0.433 e. The number of anilines is 1. The van der Waals surface area contributed by atoms with E-state index in [-0.39, 0.29) is 11.7 Å². The summed E-state index contributed by atoms with van der Waals surface area (Å²) in [7, 11) is 0. The first-order valence-electron chi connectivity index (χ1n) is 6.49. The van der Waals surface area contributed by atoms with Crippen molar-refractivity contribution in [1.29, 1.82) is 0 Å². The van der Waals surface area contributed by atoms with E-state index in [0.717, 1.165) is 5.56 Å². The fraction of sp³-hybridized carbons (Fsp3) is 0.571. The van der Waals surface area contributed by atoms with Gasteiger partial charge in [-0.2, -0.15) is 8.78 Å². The number of nitrogens with zero attached hydrogens (tertiary/aromatic N) is 1. The van der Waals surface area contributed by atoms with E-state index in [1.807, 2.05) is 30.9 Å². The summed E-state index contributed by atoms with van der Waals surface area (Å²) in [5, 5.41) is 0. The van der Waals surface area contributed by atoms with Gasteiger partial charge < -0.3 is 14.4 Å². The van der Waals surface area contributed by atoms with Gasteiger partial charge in [0.25, 0.3) is 0 Å². The van der Waals surface area contributed by atoms with Gasteiger partial charge in [0.15, 0.2) is 0 Å². The summed E-state index contributed by atoms with van der Waals surface area (Å²) in [4.78, 5) is 2.02. The van der Waals surface area contributed by atoms with Crippen molar-refractivity contribution in [3.8, 4) is 5.75 Å². The normalized spacial score (nSPS) is 16.2. The first-order valence-corrected chi connectivity index (χ1v) is 6.49. The van der Waals surface area contributed by atoms with Gasteiger partial charge in [-0.15, -0.1) is 0 Å². The number of morpholine rings is 1. The van der Waals surface area contributed by atoms with Crippen molar-refractivity contribution < 1.29 is 18.3 Å². The molecule has 5 heteroatoms. The molecule has 0 spiro atoms. The Morgan fingerprint density at radius 2 is 1.89 bits per heavy atom. The molecule has 1 aromatic rings. The van der Waals surface area contributed by atoms with Gasteiger partial charge in [-0.1, -0.05) is 19.9 Å². The predicted octanol–water partition coefficient (Wildman–Crippen LogP) is 3.25. The van der Waals surface area contributed by atoms with Crippen molar-refractivity contribution in [2.24, 2.45) is 0 Å². The molecule has 0 aromatic heterocycles. The molecule has 3 nitrogen and oxygen atoms in total. The van der Waals surface area contributed by atoms with Gasteiger partial charge in [0.1, 0.15) is 5.75 Å². The van der Waals surface area contributed by atoms with E-state index in [0.29, 0.717) is 32.0 Å². The Kier molecular flexibility index (Phi) is 4.58. The Labute approximate surface area is 112 Å². The highest BCUT2D eigenvalue weighted by Crippen LogP contribution is 2.33. The fourth-order valence-electron chi connectivity index (χ4n) is 2.15. The van der Waals surface area contributed by atoms with Gasteiger partial charge in [-0.05, 0) is 23.6 Å². The highest BCUT2D eigenvalue weighted by atomic mass is 19.3. The van der Waals surface area contributed by atoms with E-state index in [2.05, 4.69) is 4.74 Å². The van der Waals surface area contributed by atoms with E-state index in [4.69, 9.17) is 4.74 Å². The van der Waals surface area contributed by atoms with Crippen molar-refractivity contribution in [2.75, 3.05) is 31.2 Å². The van der Waals surface area contributed by atoms with Crippen molar-refractivity contribution in [3.63, 3.8) is 0 Å². The molecule has 1 fully saturated rings. The smallest absolute Gasteiger partial charge is 0.387 e. The van der Waals surface area contributed by atoms with Crippen LogP contribution in [0.3, 0.4) is 0 Å². The molecule has 1 aliphatic rings. The van der Waals surface area contributed by atoms with Crippen molar-refractivity contribution >= 4 is 5.69 Å². The summed E-state index contributed by atoms with van der Waals surface area (Å²) in [5.41, 5.74) is 1.71. The molecular formula is C14H19F2NO2. The number of halogens is 2. The maximum Gasteiger partial charge on any atom is 0.387 e. The molecule has 1 heterocycles. The van der Waals surface area contributed by atoms with Crippen LogP contribution in [0.5, 0.6) is 5.75 Å². The quantitative estimate of drug-likeness (QED) is 0.839. The number of benzene rings is 1. The molecule has 0 bridgehead atoms. The minimum Gasteiger partial charge on any atom is -0.433 e. The van der Waals surface area contributed by atoms with E-state index in [1.165, 1.54) is 0 Å². The summed E-state index contributed by atoms with van der Waals surface area (Å²) in [6, 6.07) is 5.54. The van der Waals surface area contributed by atoms with Gasteiger partial charge in [0, 0.05) is 13.1 Å². The van der Waals surface area contributed by atoms with E-state index in [1.54, 1.807) is 6.07 Å². The molecule has 0 aliphatic carbocycles. The minimum atomic E-state index is -2.80. The zero-order valence-electron chi connectivity index (χ0n) is 11.2. The lowest BCUT2D eigenvalue weighted by molar-refractivity contribution is -0.0496. The van der Waals surface area contributed by atoms with Crippen molar-refractivity contribution in [1.82, 2.24) is 0 Å². The summed E-state index contributed by atoms with van der Waals surface area (Å²) < 4.78 is 35.0. The molecule has 1 saturated heterocycles. The van der Waals surface area contributed by atoms with Gasteiger partial charge in [0.05, 0.1) is 18.9 Å². The Balaban J connectivity index is 2.29. The van der Waals surface area contributed by atoms with Crippen LogP contribution < -0.4 is 9.64 Å². The summed E-state index contributed by atoms with van der Waals surface area (Å²) in [5.74, 6) is 0.530. The second kappa shape index (κ2) is 6.19. The fourth-order valence-corrected chi connectivity index (χ4v) is 2.15. The molecule has 0 N–H and O–H groups in total. The average molecular weight is 271 g/mol. The molecule has 0 amide bonds. The molecule has 0 radical (unpaired) electrons. The Bertz CT molecular complexity index is 418. The molecule has 19 heavy (non-hydrogen) atoms. The highest BCUT2D eigenvalue weighted by Gasteiger charge is 2.18. The first kappa shape index (κ1) is 14.1. The summed E-state index contributed by atoms with van der Waals surface area (Å²) >= 11 is 0. The SMILES string of the molecule is CC(C)c1ccc(N2CCOCC2)c(OC(F)F)c1. The Hall–Kier alpha value is -1.36. The van der Waals surface area contributed by atoms with Crippen LogP contribution in [0.4, 0.5) is 14.5 Å². The maximum atomic E-state index is 12.5. The number of hydrogen-bond acceptors (Lipinski definition) is 3. The van der Waals surface area contributed by atoms with Crippen molar-refractivity contribution in [2.45, 2.75) is 26.4 Å². The standard InChI is InChI=1S/C14H19F2NO2/c1-10(2)11-3-4-12(13(9-11)19-14(15)16)17-5-7-18-8-6-17/h3-4,9-10,14H,5-8H2,1-2H3. The zero-order chi connectivity index (χ0) is 13.8. The molecular weight excluding hydrogens is 252 g/mol. The van der Waals surface area contributed by atoms with Crippen LogP contribution in [0.15, 0.2) is 18.2 Å². The molecule has 1 aromatic carbocycles. The lowest BCUT2D eigenvalue weighted by Crippen LogP contribution is -2.36. The minimum absolute atomic E-state index is 0.253. The number of rotatable bonds is 4. The second-order valence-corrected chi connectivity index (χ2v) is 4.86. The van der Waals surface area contributed by atoms with Crippen LogP contribution in [0.25, 0.3) is 0 Å². The third kappa shape index (κ3) is 3.56. The van der Waals surface area contributed by atoms with Gasteiger partial charge in [-0.25, -0.2) is 0 Å². The van der Waals surface area contributed by atoms with Crippen LogP contribution in [0.2, 0.25) is 0 Å². The second-order valence-electron chi connectivity index (χ2n) is 4.86. The number of alkyl halides is 2. The maximum absolute atomic E-state index is 12.5. The lowest BCUT2D eigenvalue weighted by Gasteiger charge is -2.30. The van der Waals surface area contributed by atoms with Gasteiger partial charge in [0.2, 0.25) is 0 Å². The lowest BCUT2D eigenvalue weighted by atomic mass is 10.0. The molecule has 106 valence electrons. The third-order valence-electron chi connectivity index (χ3n) is 3.22.